The number of nitriles is 1. The molecule has 1 amide bonds. The summed E-state index contributed by atoms with van der Waals surface area (Å²) in [5, 5.41) is 11.6. The highest BCUT2D eigenvalue weighted by Gasteiger charge is 2.09. The summed E-state index contributed by atoms with van der Waals surface area (Å²) in [6.07, 6.45) is 0. The van der Waals surface area contributed by atoms with E-state index in [0.29, 0.717) is 28.1 Å². The number of nitrogens with one attached hydrogen (secondary N) is 1. The van der Waals surface area contributed by atoms with Crippen LogP contribution in [0.15, 0.2) is 72.8 Å². The number of carbonyl (C=O) groups excluding carboxylic acids is 2. The molecular weight excluding hydrogens is 368 g/mol. The minimum atomic E-state index is -0.476. The lowest BCUT2D eigenvalue weighted by molar-refractivity contribution is 0.0472. The molecule has 0 unspecified atom stereocenters. The molecule has 29 heavy (non-hydrogen) atoms. The second-order valence-corrected chi connectivity index (χ2v) is 6.14. The molecule has 0 saturated carbocycles. The van der Waals surface area contributed by atoms with Crippen molar-refractivity contribution in [3.8, 4) is 11.8 Å². The standard InChI is InChI=1S/C23H18N2O4/c1-28-21-12-10-20(11-13-21)25-22(26)18-6-4-17(5-7-18)15-29-23(27)19-8-2-16(14-24)3-9-19/h2-13H,15H2,1H3,(H,25,26). The fourth-order valence-electron chi connectivity index (χ4n) is 2.54. The van der Waals surface area contributed by atoms with Gasteiger partial charge in [-0.05, 0) is 66.2 Å². The molecule has 6 heteroatoms. The topological polar surface area (TPSA) is 88.4 Å². The van der Waals surface area contributed by atoms with Crippen LogP contribution in [0.4, 0.5) is 5.69 Å². The molecule has 0 spiro atoms. The molecule has 3 aromatic rings. The second kappa shape index (κ2) is 9.20. The van der Waals surface area contributed by atoms with Gasteiger partial charge in [0.05, 0.1) is 24.3 Å². The number of amides is 1. The number of anilines is 1. The molecule has 0 bridgehead atoms. The highest BCUT2D eigenvalue weighted by Crippen LogP contribution is 2.16. The Kier molecular flexibility index (Phi) is 6.23. The molecule has 0 aliphatic heterocycles. The van der Waals surface area contributed by atoms with Crippen molar-refractivity contribution in [2.75, 3.05) is 12.4 Å². The summed E-state index contributed by atoms with van der Waals surface area (Å²) < 4.78 is 10.4. The van der Waals surface area contributed by atoms with Gasteiger partial charge in [0, 0.05) is 11.3 Å². The van der Waals surface area contributed by atoms with Crippen LogP contribution in [0.2, 0.25) is 0 Å². The zero-order valence-corrected chi connectivity index (χ0v) is 15.7. The monoisotopic (exact) mass is 386 g/mol. The summed E-state index contributed by atoms with van der Waals surface area (Å²) in [6, 6.07) is 22.1. The molecule has 0 aromatic heterocycles. The number of methoxy groups -OCH3 is 1. The van der Waals surface area contributed by atoms with Gasteiger partial charge in [-0.25, -0.2) is 4.79 Å². The number of esters is 1. The van der Waals surface area contributed by atoms with E-state index in [9.17, 15) is 9.59 Å². The maximum Gasteiger partial charge on any atom is 0.338 e. The van der Waals surface area contributed by atoms with Crippen molar-refractivity contribution in [3.05, 3.63) is 95.1 Å². The molecule has 0 saturated heterocycles. The molecule has 0 radical (unpaired) electrons. The van der Waals surface area contributed by atoms with Gasteiger partial charge < -0.3 is 14.8 Å². The predicted octanol–water partition coefficient (Wildman–Crippen LogP) is 4.18. The third kappa shape index (κ3) is 5.21. The average molecular weight is 386 g/mol. The van der Waals surface area contributed by atoms with E-state index >= 15 is 0 Å². The minimum Gasteiger partial charge on any atom is -0.497 e. The van der Waals surface area contributed by atoms with E-state index in [-0.39, 0.29) is 12.5 Å². The first-order valence-corrected chi connectivity index (χ1v) is 8.80. The van der Waals surface area contributed by atoms with Crippen LogP contribution in [0, 0.1) is 11.3 Å². The van der Waals surface area contributed by atoms with Crippen molar-refractivity contribution < 1.29 is 19.1 Å². The van der Waals surface area contributed by atoms with E-state index in [0.717, 1.165) is 5.56 Å². The van der Waals surface area contributed by atoms with Gasteiger partial charge in [0.25, 0.3) is 5.91 Å². The van der Waals surface area contributed by atoms with Gasteiger partial charge in [0.1, 0.15) is 12.4 Å². The molecule has 0 aliphatic carbocycles. The molecule has 0 fully saturated rings. The first-order chi connectivity index (χ1) is 14.1. The summed E-state index contributed by atoms with van der Waals surface area (Å²) in [6.45, 7) is 0.0826. The van der Waals surface area contributed by atoms with E-state index in [4.69, 9.17) is 14.7 Å². The maximum absolute atomic E-state index is 12.3. The normalized spacial score (nSPS) is 9.93. The van der Waals surface area contributed by atoms with Crippen molar-refractivity contribution in [3.63, 3.8) is 0 Å². The first-order valence-electron chi connectivity index (χ1n) is 8.80. The van der Waals surface area contributed by atoms with Gasteiger partial charge in [-0.1, -0.05) is 12.1 Å². The van der Waals surface area contributed by atoms with Crippen molar-refractivity contribution in [2.24, 2.45) is 0 Å². The average Bonchev–Trinajstić information content (AvgIpc) is 2.78. The van der Waals surface area contributed by atoms with E-state index < -0.39 is 5.97 Å². The number of benzene rings is 3. The molecular formula is C23H18N2O4. The lowest BCUT2D eigenvalue weighted by Crippen LogP contribution is -2.12. The Hall–Kier alpha value is -4.11. The molecule has 0 atom stereocenters. The number of carbonyl (C=O) groups is 2. The van der Waals surface area contributed by atoms with Crippen LogP contribution in [0.25, 0.3) is 0 Å². The van der Waals surface area contributed by atoms with Crippen molar-refractivity contribution in [2.45, 2.75) is 6.61 Å². The first kappa shape index (κ1) is 19.6. The van der Waals surface area contributed by atoms with Crippen LogP contribution >= 0.6 is 0 Å². The Labute approximate surface area is 168 Å². The van der Waals surface area contributed by atoms with E-state index in [1.807, 2.05) is 6.07 Å². The number of ether oxygens (including phenoxy) is 2. The van der Waals surface area contributed by atoms with Crippen LogP contribution in [0.3, 0.4) is 0 Å². The Morgan fingerprint density at radius 3 is 2.10 bits per heavy atom. The second-order valence-electron chi connectivity index (χ2n) is 6.14. The number of hydrogen-bond donors (Lipinski definition) is 1. The molecule has 0 heterocycles. The summed E-state index contributed by atoms with van der Waals surface area (Å²) in [4.78, 5) is 24.4. The number of rotatable bonds is 6. The summed E-state index contributed by atoms with van der Waals surface area (Å²) in [7, 11) is 1.58. The van der Waals surface area contributed by atoms with E-state index in [1.165, 1.54) is 0 Å². The molecule has 144 valence electrons. The fourth-order valence-corrected chi connectivity index (χ4v) is 2.54. The van der Waals surface area contributed by atoms with E-state index in [1.54, 1.807) is 79.9 Å². The highest BCUT2D eigenvalue weighted by atomic mass is 16.5. The van der Waals surface area contributed by atoms with E-state index in [2.05, 4.69) is 5.32 Å². The lowest BCUT2D eigenvalue weighted by atomic mass is 10.1. The molecule has 1 N–H and O–H groups in total. The lowest BCUT2D eigenvalue weighted by Gasteiger charge is -2.08. The quantitative estimate of drug-likeness (QED) is 0.642. The third-order valence-electron chi connectivity index (χ3n) is 4.18. The minimum absolute atomic E-state index is 0.0826. The van der Waals surface area contributed by atoms with Gasteiger partial charge in [-0.2, -0.15) is 5.26 Å². The highest BCUT2D eigenvalue weighted by molar-refractivity contribution is 6.04. The van der Waals surface area contributed by atoms with Crippen molar-refractivity contribution in [1.82, 2.24) is 0 Å². The SMILES string of the molecule is COc1ccc(NC(=O)c2ccc(COC(=O)c3ccc(C#N)cc3)cc2)cc1. The number of nitrogens with zero attached hydrogens (tertiary/aromatic N) is 1. The van der Waals surface area contributed by atoms with Gasteiger partial charge in [0.15, 0.2) is 0 Å². The van der Waals surface area contributed by atoms with Gasteiger partial charge in [-0.3, -0.25) is 4.79 Å². The third-order valence-corrected chi connectivity index (χ3v) is 4.18. The van der Waals surface area contributed by atoms with Gasteiger partial charge >= 0.3 is 5.97 Å². The zero-order valence-electron chi connectivity index (χ0n) is 15.7. The Bertz CT molecular complexity index is 1030. The molecule has 0 aliphatic rings. The molecule has 6 nitrogen and oxygen atoms in total. The smallest absolute Gasteiger partial charge is 0.338 e. The summed E-state index contributed by atoms with van der Waals surface area (Å²) in [5.41, 5.74) is 2.76. The van der Waals surface area contributed by atoms with Crippen LogP contribution in [-0.2, 0) is 11.3 Å². The van der Waals surface area contributed by atoms with Crippen LogP contribution in [0.1, 0.15) is 31.8 Å². The largest absolute Gasteiger partial charge is 0.497 e. The van der Waals surface area contributed by atoms with Crippen molar-refractivity contribution in [1.29, 1.82) is 5.26 Å². The maximum atomic E-state index is 12.3. The molecule has 3 aromatic carbocycles. The van der Waals surface area contributed by atoms with Crippen LogP contribution in [0.5, 0.6) is 5.75 Å². The Morgan fingerprint density at radius 1 is 0.897 bits per heavy atom. The zero-order chi connectivity index (χ0) is 20.6. The summed E-state index contributed by atoms with van der Waals surface area (Å²) >= 11 is 0. The predicted molar refractivity (Wildman–Crippen MR) is 108 cm³/mol. The van der Waals surface area contributed by atoms with Crippen LogP contribution in [-0.4, -0.2) is 19.0 Å². The fraction of sp³-hybridized carbons (Fsp3) is 0.0870. The summed E-state index contributed by atoms with van der Waals surface area (Å²) in [5.74, 6) is -0.00462. The van der Waals surface area contributed by atoms with Crippen molar-refractivity contribution >= 4 is 17.6 Å². The van der Waals surface area contributed by atoms with Crippen LogP contribution < -0.4 is 10.1 Å². The van der Waals surface area contributed by atoms with Gasteiger partial charge in [-0.15, -0.1) is 0 Å². The Balaban J connectivity index is 1.55. The Morgan fingerprint density at radius 2 is 1.52 bits per heavy atom. The van der Waals surface area contributed by atoms with Gasteiger partial charge in [0.2, 0.25) is 0 Å². The number of hydrogen-bond acceptors (Lipinski definition) is 5. The molecule has 3 rings (SSSR count).